The molecule has 0 aromatic rings. The molecule has 0 saturated heterocycles. The van der Waals surface area contributed by atoms with E-state index in [1.807, 2.05) is 0 Å². The van der Waals surface area contributed by atoms with E-state index in [1.54, 1.807) is 0 Å². The molecule has 0 amide bonds. The van der Waals surface area contributed by atoms with Gasteiger partial charge in [-0.25, -0.2) is 0 Å². The van der Waals surface area contributed by atoms with Crippen molar-refractivity contribution < 1.29 is 7.84 Å². The molecule has 35 valence electrons. The van der Waals surface area contributed by atoms with Gasteiger partial charge in [0.15, 0.2) is 0 Å². The van der Waals surface area contributed by atoms with Gasteiger partial charge >= 0.3 is 44.8 Å². The quantitative estimate of drug-likeness (QED) is 0.569. The van der Waals surface area contributed by atoms with Crippen molar-refractivity contribution in [3.63, 3.8) is 0 Å². The first kappa shape index (κ1) is 6.35. The summed E-state index contributed by atoms with van der Waals surface area (Å²) in [6.07, 6.45) is 0. The van der Waals surface area contributed by atoms with Crippen molar-refractivity contribution in [3.8, 4) is 0 Å². The van der Waals surface area contributed by atoms with Gasteiger partial charge in [-0.1, -0.05) is 0 Å². The summed E-state index contributed by atoms with van der Waals surface area (Å²) < 4.78 is 17.6. The second kappa shape index (κ2) is 3.54. The van der Waals surface area contributed by atoms with E-state index in [0.29, 0.717) is 0 Å². The Labute approximate surface area is 45.3 Å². The summed E-state index contributed by atoms with van der Waals surface area (Å²) in [6, 6.07) is 0. The fraction of sp³-hybridized carbons (Fsp3) is 0. The van der Waals surface area contributed by atoms with Crippen LogP contribution in [0.1, 0.15) is 0 Å². The maximum atomic E-state index is 9.66. The predicted molar refractivity (Wildman–Crippen MR) is 23.7 cm³/mol. The topological polar surface area (TPSA) is 37.3 Å². The Hall–Kier alpha value is 0.348. The molecular weight excluding hydrogens is 166 g/mol. The van der Waals surface area contributed by atoms with Crippen molar-refractivity contribution in [1.82, 2.24) is 0 Å². The zero-order valence-electron chi connectivity index (χ0n) is 2.84. The molecule has 0 aliphatic heterocycles. The van der Waals surface area contributed by atoms with E-state index in [2.05, 4.69) is 0 Å². The Morgan fingerprint density at radius 1 is 1.83 bits per heavy atom. The first-order valence-electron chi connectivity index (χ1n) is 1.19. The third-order valence-electron chi connectivity index (χ3n) is 0.184. The SMILES string of the molecule is O=[As](O)C=CCl. The zero-order chi connectivity index (χ0) is 4.99. The molecule has 0 spiro atoms. The van der Waals surface area contributed by atoms with E-state index in [9.17, 15) is 3.74 Å². The van der Waals surface area contributed by atoms with Crippen molar-refractivity contribution in [2.24, 2.45) is 0 Å². The van der Waals surface area contributed by atoms with Crippen LogP contribution in [0, 0.1) is 0 Å². The van der Waals surface area contributed by atoms with Gasteiger partial charge in [-0.2, -0.15) is 0 Å². The van der Waals surface area contributed by atoms with Crippen molar-refractivity contribution in [2.45, 2.75) is 0 Å². The molecule has 0 heterocycles. The average molecular weight is 169 g/mol. The number of hydrogen-bond donors (Lipinski definition) is 1. The van der Waals surface area contributed by atoms with E-state index in [4.69, 9.17) is 15.7 Å². The second-order valence-electron chi connectivity index (χ2n) is 0.578. The fourth-order valence-corrected chi connectivity index (χ4v) is 0.751. The van der Waals surface area contributed by atoms with E-state index >= 15 is 0 Å². The normalized spacial score (nSPS) is 12.7. The van der Waals surface area contributed by atoms with Gasteiger partial charge < -0.3 is 0 Å². The van der Waals surface area contributed by atoms with Crippen LogP contribution in [0.15, 0.2) is 10.4 Å². The van der Waals surface area contributed by atoms with Crippen molar-refractivity contribution >= 4 is 26.5 Å². The molecule has 6 heavy (non-hydrogen) atoms. The molecule has 1 atom stereocenters. The third kappa shape index (κ3) is 4.35. The molecule has 0 aliphatic rings. The van der Waals surface area contributed by atoms with Crippen LogP contribution in [0.5, 0.6) is 0 Å². The van der Waals surface area contributed by atoms with Crippen LogP contribution in [0.25, 0.3) is 0 Å². The van der Waals surface area contributed by atoms with Crippen LogP contribution in [-0.4, -0.2) is 19.0 Å². The van der Waals surface area contributed by atoms with Crippen LogP contribution in [0.2, 0.25) is 0 Å². The van der Waals surface area contributed by atoms with Gasteiger partial charge in [0.05, 0.1) is 0 Å². The third-order valence-corrected chi connectivity index (χ3v) is 1.54. The van der Waals surface area contributed by atoms with E-state index in [1.165, 1.54) is 0 Å². The van der Waals surface area contributed by atoms with Gasteiger partial charge in [0, 0.05) is 0 Å². The first-order chi connectivity index (χ1) is 2.77. The van der Waals surface area contributed by atoms with Crippen LogP contribution in [0.3, 0.4) is 0 Å². The van der Waals surface area contributed by atoms with Gasteiger partial charge in [-0.05, 0) is 0 Å². The van der Waals surface area contributed by atoms with Crippen LogP contribution >= 0.6 is 11.6 Å². The molecule has 0 rings (SSSR count). The summed E-state index contributed by atoms with van der Waals surface area (Å²) in [5.41, 5.74) is 1.05. The molecule has 1 radical (unpaired) electrons. The average Bonchev–Trinajstić information content (AvgIpc) is 1.35. The molecule has 0 aromatic carbocycles. The molecule has 2 nitrogen and oxygen atoms in total. The molecule has 1 unspecified atom stereocenters. The van der Waals surface area contributed by atoms with Gasteiger partial charge in [0.2, 0.25) is 0 Å². The van der Waals surface area contributed by atoms with Gasteiger partial charge in [-0.15, -0.1) is 0 Å². The summed E-state index contributed by atoms with van der Waals surface area (Å²) in [6.45, 7) is 0. The van der Waals surface area contributed by atoms with Crippen molar-refractivity contribution in [2.75, 3.05) is 0 Å². The molecule has 0 aliphatic carbocycles. The van der Waals surface area contributed by atoms with Crippen molar-refractivity contribution in [3.05, 3.63) is 10.4 Å². The molecule has 0 aromatic heterocycles. The maximum absolute atomic E-state index is 9.66. The van der Waals surface area contributed by atoms with E-state index < -0.39 is 14.9 Å². The fourth-order valence-electron chi connectivity index (χ4n) is 0.0482. The minimum absolute atomic E-state index is 1.05. The summed E-state index contributed by atoms with van der Waals surface area (Å²) in [5, 5.41) is 0. The van der Waals surface area contributed by atoms with Crippen LogP contribution < -0.4 is 0 Å². The first-order valence-corrected chi connectivity index (χ1v) is 4.32. The molecular formula is C2H3AsClO2. The summed E-state index contributed by atoms with van der Waals surface area (Å²) in [4.78, 5) is 1.08. The van der Waals surface area contributed by atoms with Crippen LogP contribution in [-0.2, 0) is 3.74 Å². The van der Waals surface area contributed by atoms with Crippen LogP contribution in [0.4, 0.5) is 0 Å². The molecule has 0 saturated carbocycles. The standard InChI is InChI=1S/C2H3AsClO2/c4-2-1-3(5)6/h1-2H,(H,5,6). The number of rotatable bonds is 1. The zero-order valence-corrected chi connectivity index (χ0v) is 5.47. The Kier molecular flexibility index (Phi) is 3.74. The Morgan fingerprint density at radius 2 is 2.33 bits per heavy atom. The predicted octanol–water partition coefficient (Wildman–Crippen LogP) is 0.189. The second-order valence-corrected chi connectivity index (χ2v) is 2.72. The van der Waals surface area contributed by atoms with E-state index in [0.717, 1.165) is 10.4 Å². The number of halogens is 1. The van der Waals surface area contributed by atoms with Gasteiger partial charge in [0.1, 0.15) is 0 Å². The van der Waals surface area contributed by atoms with Gasteiger partial charge in [-0.3, -0.25) is 0 Å². The number of hydrogen-bond acceptors (Lipinski definition) is 1. The Balaban J connectivity index is 3.30. The monoisotopic (exact) mass is 169 g/mol. The molecule has 0 bridgehead atoms. The minimum atomic E-state index is -2.79. The van der Waals surface area contributed by atoms with Gasteiger partial charge in [0.25, 0.3) is 0 Å². The summed E-state index contributed by atoms with van der Waals surface area (Å²) >= 11 is 2.11. The molecule has 0 fully saturated rings. The molecule has 4 heteroatoms. The summed E-state index contributed by atoms with van der Waals surface area (Å²) in [7, 11) is 0. The Bertz CT molecular complexity index is 79.6. The van der Waals surface area contributed by atoms with Crippen molar-refractivity contribution in [1.29, 1.82) is 0 Å². The Morgan fingerprint density at radius 3 is 2.33 bits per heavy atom. The molecule has 1 N–H and O–H groups in total. The summed E-state index contributed by atoms with van der Waals surface area (Å²) in [5.74, 6) is 0. The van der Waals surface area contributed by atoms with E-state index in [-0.39, 0.29) is 0 Å².